The number of aliphatic carboxylic acids is 2. The summed E-state index contributed by atoms with van der Waals surface area (Å²) in [5.41, 5.74) is 4.11. The minimum absolute atomic E-state index is 0.621. The first kappa shape index (κ1) is 21.1. The van der Waals surface area contributed by atoms with Crippen LogP contribution in [0, 0.1) is 0 Å². The zero-order valence-electron chi connectivity index (χ0n) is 13.5. The van der Waals surface area contributed by atoms with E-state index in [-0.39, 0.29) is 0 Å². The van der Waals surface area contributed by atoms with Crippen LogP contribution in [-0.4, -0.2) is 57.7 Å². The number of amides is 3. The SMILES string of the molecule is CC(C)(C)OC(=O)N[C@@H](CC(N)=O)C(=O)N[C@@H](CC(=O)O)C(=O)O. The van der Waals surface area contributed by atoms with Gasteiger partial charge in [0, 0.05) is 0 Å². The third-order valence-electron chi connectivity index (χ3n) is 2.41. The van der Waals surface area contributed by atoms with E-state index in [0.717, 1.165) is 0 Å². The van der Waals surface area contributed by atoms with Crippen LogP contribution in [0.15, 0.2) is 0 Å². The summed E-state index contributed by atoms with van der Waals surface area (Å²) in [5.74, 6) is -5.04. The molecule has 0 aliphatic carbocycles. The Morgan fingerprint density at radius 3 is 1.92 bits per heavy atom. The number of carbonyl (C=O) groups is 5. The van der Waals surface area contributed by atoms with Crippen molar-refractivity contribution in [3.05, 3.63) is 0 Å². The molecule has 2 atom stereocenters. The molecule has 0 saturated carbocycles. The van der Waals surface area contributed by atoms with E-state index in [0.29, 0.717) is 0 Å². The van der Waals surface area contributed by atoms with Crippen LogP contribution in [0.3, 0.4) is 0 Å². The van der Waals surface area contributed by atoms with Gasteiger partial charge in [0.25, 0.3) is 0 Å². The average Bonchev–Trinajstić information content (AvgIpc) is 2.33. The molecular weight excluding hydrogens is 326 g/mol. The summed E-state index contributed by atoms with van der Waals surface area (Å²) in [5, 5.41) is 21.5. The molecule has 0 radical (unpaired) electrons. The Labute approximate surface area is 137 Å². The fraction of sp³-hybridized carbons (Fsp3) is 0.615. The van der Waals surface area contributed by atoms with Gasteiger partial charge in [0.15, 0.2) is 0 Å². The first-order valence-corrected chi connectivity index (χ1v) is 6.84. The Kier molecular flexibility index (Phi) is 7.66. The Balaban J connectivity index is 5.05. The Morgan fingerprint density at radius 1 is 1.00 bits per heavy atom. The monoisotopic (exact) mass is 347 g/mol. The number of alkyl carbamates (subject to hydrolysis) is 1. The van der Waals surface area contributed by atoms with E-state index in [4.69, 9.17) is 20.7 Å². The van der Waals surface area contributed by atoms with Crippen LogP contribution < -0.4 is 16.4 Å². The third kappa shape index (κ3) is 9.23. The molecule has 0 unspecified atom stereocenters. The number of nitrogens with two attached hydrogens (primary N) is 1. The molecule has 6 N–H and O–H groups in total. The summed E-state index contributed by atoms with van der Waals surface area (Å²) in [7, 11) is 0. The van der Waals surface area contributed by atoms with Crippen LogP contribution in [0.25, 0.3) is 0 Å². The summed E-state index contributed by atoms with van der Waals surface area (Å²) in [6.07, 6.45) is -2.52. The van der Waals surface area contributed by atoms with E-state index in [1.54, 1.807) is 20.8 Å². The highest BCUT2D eigenvalue weighted by Gasteiger charge is 2.30. The van der Waals surface area contributed by atoms with Crippen LogP contribution in [0.2, 0.25) is 0 Å². The summed E-state index contributed by atoms with van der Waals surface area (Å²) in [4.78, 5) is 56.3. The van der Waals surface area contributed by atoms with Gasteiger partial charge in [0.05, 0.1) is 12.8 Å². The Morgan fingerprint density at radius 2 is 1.54 bits per heavy atom. The molecule has 3 amide bonds. The van der Waals surface area contributed by atoms with Gasteiger partial charge in [-0.15, -0.1) is 0 Å². The second-order valence-corrected chi connectivity index (χ2v) is 5.87. The highest BCUT2D eigenvalue weighted by molar-refractivity contribution is 5.93. The molecule has 0 bridgehead atoms. The summed E-state index contributed by atoms with van der Waals surface area (Å²) < 4.78 is 4.92. The van der Waals surface area contributed by atoms with E-state index in [1.807, 2.05) is 5.32 Å². The molecule has 0 aromatic heterocycles. The molecule has 0 aliphatic rings. The molecule has 136 valence electrons. The number of hydrogen-bond acceptors (Lipinski definition) is 6. The molecule has 24 heavy (non-hydrogen) atoms. The van der Waals surface area contributed by atoms with Gasteiger partial charge in [-0.1, -0.05) is 0 Å². The number of nitrogens with one attached hydrogen (secondary N) is 2. The highest BCUT2D eigenvalue weighted by Crippen LogP contribution is 2.07. The zero-order valence-corrected chi connectivity index (χ0v) is 13.5. The van der Waals surface area contributed by atoms with E-state index in [1.165, 1.54) is 0 Å². The maximum Gasteiger partial charge on any atom is 0.408 e. The molecule has 11 heteroatoms. The van der Waals surface area contributed by atoms with Gasteiger partial charge < -0.3 is 31.3 Å². The Bertz CT molecular complexity index is 526. The van der Waals surface area contributed by atoms with Crippen LogP contribution in [0.5, 0.6) is 0 Å². The highest BCUT2D eigenvalue weighted by atomic mass is 16.6. The van der Waals surface area contributed by atoms with Crippen LogP contribution in [0.4, 0.5) is 4.79 Å². The third-order valence-corrected chi connectivity index (χ3v) is 2.41. The van der Waals surface area contributed by atoms with Gasteiger partial charge in [-0.25, -0.2) is 9.59 Å². The van der Waals surface area contributed by atoms with Gasteiger partial charge in [-0.2, -0.15) is 0 Å². The lowest BCUT2D eigenvalue weighted by Gasteiger charge is -2.23. The lowest BCUT2D eigenvalue weighted by molar-refractivity contribution is -0.147. The van der Waals surface area contributed by atoms with Crippen molar-refractivity contribution < 1.29 is 38.9 Å². The Hall–Kier alpha value is -2.85. The topological polar surface area (TPSA) is 185 Å². The van der Waals surface area contributed by atoms with Crippen molar-refractivity contribution in [2.24, 2.45) is 5.73 Å². The van der Waals surface area contributed by atoms with Crippen LogP contribution in [0.1, 0.15) is 33.6 Å². The summed E-state index contributed by atoms with van der Waals surface area (Å²) in [6, 6.07) is -3.24. The van der Waals surface area contributed by atoms with Crippen molar-refractivity contribution in [1.29, 1.82) is 0 Å². The number of primary amides is 1. The van der Waals surface area contributed by atoms with Crippen molar-refractivity contribution >= 4 is 29.8 Å². The normalized spacial score (nSPS) is 13.3. The lowest BCUT2D eigenvalue weighted by atomic mass is 10.1. The van der Waals surface area contributed by atoms with Crippen molar-refractivity contribution in [2.75, 3.05) is 0 Å². The number of ether oxygens (including phenoxy) is 1. The summed E-state index contributed by atoms with van der Waals surface area (Å²) >= 11 is 0. The molecule has 0 fully saturated rings. The summed E-state index contributed by atoms with van der Waals surface area (Å²) in [6.45, 7) is 4.72. The standard InChI is InChI=1S/C13H21N3O8/c1-13(2,3)24-12(23)16-6(4-8(14)17)10(20)15-7(11(21)22)5-9(18)19/h6-7H,4-5H2,1-3H3,(H2,14,17)(H,15,20)(H,16,23)(H,18,19)(H,21,22)/t6-,7-/m0/s1. The smallest absolute Gasteiger partial charge is 0.408 e. The number of rotatable bonds is 8. The van der Waals surface area contributed by atoms with E-state index < -0.39 is 60.4 Å². The fourth-order valence-corrected chi connectivity index (χ4v) is 1.51. The molecular formula is C13H21N3O8. The molecule has 11 nitrogen and oxygen atoms in total. The molecule has 0 aromatic rings. The van der Waals surface area contributed by atoms with Gasteiger partial charge in [0.2, 0.25) is 11.8 Å². The zero-order chi connectivity index (χ0) is 19.1. The second kappa shape index (κ2) is 8.70. The molecule has 0 heterocycles. The second-order valence-electron chi connectivity index (χ2n) is 5.87. The minimum atomic E-state index is -1.73. The van der Waals surface area contributed by atoms with Crippen LogP contribution in [-0.2, 0) is 23.9 Å². The molecule has 0 saturated heterocycles. The number of hydrogen-bond donors (Lipinski definition) is 5. The molecule has 0 aromatic carbocycles. The molecule has 0 rings (SSSR count). The maximum atomic E-state index is 12.0. The van der Waals surface area contributed by atoms with Gasteiger partial charge >= 0.3 is 18.0 Å². The molecule has 0 spiro atoms. The van der Waals surface area contributed by atoms with Crippen molar-refractivity contribution in [2.45, 2.75) is 51.3 Å². The first-order chi connectivity index (χ1) is 10.8. The van der Waals surface area contributed by atoms with E-state index in [9.17, 15) is 24.0 Å². The van der Waals surface area contributed by atoms with E-state index >= 15 is 0 Å². The van der Waals surface area contributed by atoms with E-state index in [2.05, 4.69) is 5.32 Å². The molecule has 0 aliphatic heterocycles. The largest absolute Gasteiger partial charge is 0.481 e. The van der Waals surface area contributed by atoms with Gasteiger partial charge in [-0.05, 0) is 20.8 Å². The van der Waals surface area contributed by atoms with Crippen molar-refractivity contribution in [3.63, 3.8) is 0 Å². The lowest BCUT2D eigenvalue weighted by Crippen LogP contribution is -2.53. The maximum absolute atomic E-state index is 12.0. The number of carboxylic acids is 2. The van der Waals surface area contributed by atoms with Gasteiger partial charge in [-0.3, -0.25) is 14.4 Å². The fourth-order valence-electron chi connectivity index (χ4n) is 1.51. The average molecular weight is 347 g/mol. The minimum Gasteiger partial charge on any atom is -0.481 e. The number of carbonyl (C=O) groups excluding carboxylic acids is 3. The van der Waals surface area contributed by atoms with Crippen molar-refractivity contribution in [3.8, 4) is 0 Å². The predicted octanol–water partition coefficient (Wildman–Crippen LogP) is -1.20. The quantitative estimate of drug-likeness (QED) is 0.362. The number of carboxylic acid groups (broad SMARTS) is 2. The predicted molar refractivity (Wildman–Crippen MR) is 78.8 cm³/mol. The van der Waals surface area contributed by atoms with Crippen molar-refractivity contribution in [1.82, 2.24) is 10.6 Å². The van der Waals surface area contributed by atoms with Crippen LogP contribution >= 0.6 is 0 Å². The first-order valence-electron chi connectivity index (χ1n) is 6.84. The van der Waals surface area contributed by atoms with Gasteiger partial charge in [0.1, 0.15) is 17.7 Å².